The lowest BCUT2D eigenvalue weighted by atomic mass is 10.1. The van der Waals surface area contributed by atoms with Gasteiger partial charge in [-0.2, -0.15) is 5.10 Å². The Morgan fingerprint density at radius 3 is 2.86 bits per heavy atom. The summed E-state index contributed by atoms with van der Waals surface area (Å²) in [6.45, 7) is 4.89. The molecule has 0 amide bonds. The van der Waals surface area contributed by atoms with E-state index in [0.29, 0.717) is 18.2 Å². The van der Waals surface area contributed by atoms with Crippen LogP contribution in [0.3, 0.4) is 0 Å². The SMILES string of the molecule is CC(C)COc1cccc(/C=C/C(=O)c2ccn(C)n2)c1. The van der Waals surface area contributed by atoms with Crippen LogP contribution in [-0.2, 0) is 7.05 Å². The molecule has 0 aliphatic rings. The average molecular weight is 284 g/mol. The molecule has 0 aliphatic heterocycles. The first-order valence-electron chi connectivity index (χ1n) is 6.99. The number of hydrogen-bond acceptors (Lipinski definition) is 3. The predicted octanol–water partition coefficient (Wildman–Crippen LogP) is 3.35. The molecule has 0 radical (unpaired) electrons. The van der Waals surface area contributed by atoms with Crippen LogP contribution in [0.15, 0.2) is 42.6 Å². The highest BCUT2D eigenvalue weighted by atomic mass is 16.5. The largest absolute Gasteiger partial charge is 0.493 e. The topological polar surface area (TPSA) is 44.1 Å². The quantitative estimate of drug-likeness (QED) is 0.603. The number of aromatic nitrogens is 2. The first-order chi connectivity index (χ1) is 10.0. The van der Waals surface area contributed by atoms with Crippen molar-refractivity contribution >= 4 is 11.9 Å². The van der Waals surface area contributed by atoms with Crippen molar-refractivity contribution in [3.8, 4) is 5.75 Å². The first-order valence-corrected chi connectivity index (χ1v) is 6.99. The van der Waals surface area contributed by atoms with Crippen LogP contribution in [0.1, 0.15) is 29.9 Å². The van der Waals surface area contributed by atoms with Crippen molar-refractivity contribution in [2.45, 2.75) is 13.8 Å². The van der Waals surface area contributed by atoms with Gasteiger partial charge in [-0.1, -0.05) is 32.1 Å². The van der Waals surface area contributed by atoms with Gasteiger partial charge in [0.25, 0.3) is 0 Å². The van der Waals surface area contributed by atoms with Crippen LogP contribution in [0.2, 0.25) is 0 Å². The lowest BCUT2D eigenvalue weighted by Crippen LogP contribution is -2.04. The smallest absolute Gasteiger partial charge is 0.206 e. The number of allylic oxidation sites excluding steroid dienone is 1. The fraction of sp³-hybridized carbons (Fsp3) is 0.294. The summed E-state index contributed by atoms with van der Waals surface area (Å²) in [5.74, 6) is 1.19. The van der Waals surface area contributed by atoms with Crippen LogP contribution in [-0.4, -0.2) is 22.2 Å². The molecule has 0 fully saturated rings. The van der Waals surface area contributed by atoms with Gasteiger partial charge in [0.2, 0.25) is 5.78 Å². The van der Waals surface area contributed by atoms with Crippen LogP contribution in [0.5, 0.6) is 5.75 Å². The molecule has 0 atom stereocenters. The number of carbonyl (C=O) groups excluding carboxylic acids is 1. The van der Waals surface area contributed by atoms with Crippen molar-refractivity contribution in [3.63, 3.8) is 0 Å². The maximum absolute atomic E-state index is 11.9. The summed E-state index contributed by atoms with van der Waals surface area (Å²) in [7, 11) is 1.79. The molecule has 0 spiro atoms. The van der Waals surface area contributed by atoms with E-state index in [-0.39, 0.29) is 5.78 Å². The Morgan fingerprint density at radius 1 is 1.38 bits per heavy atom. The minimum absolute atomic E-state index is 0.107. The van der Waals surface area contributed by atoms with Crippen LogP contribution in [0.25, 0.3) is 6.08 Å². The van der Waals surface area contributed by atoms with Crippen molar-refractivity contribution in [2.24, 2.45) is 13.0 Å². The Balaban J connectivity index is 2.03. The predicted molar refractivity (Wildman–Crippen MR) is 83.3 cm³/mol. The van der Waals surface area contributed by atoms with E-state index in [9.17, 15) is 4.79 Å². The first kappa shape index (κ1) is 15.0. The highest BCUT2D eigenvalue weighted by Crippen LogP contribution is 2.15. The average Bonchev–Trinajstić information content (AvgIpc) is 2.90. The van der Waals surface area contributed by atoms with Gasteiger partial charge < -0.3 is 4.74 Å². The van der Waals surface area contributed by atoms with Gasteiger partial charge in [0.05, 0.1) is 6.61 Å². The van der Waals surface area contributed by atoms with Gasteiger partial charge in [-0.3, -0.25) is 9.48 Å². The molecule has 1 aromatic heterocycles. The molecule has 2 rings (SSSR count). The van der Waals surface area contributed by atoms with E-state index >= 15 is 0 Å². The number of ketones is 1. The van der Waals surface area contributed by atoms with Crippen LogP contribution in [0, 0.1) is 5.92 Å². The molecule has 4 heteroatoms. The second kappa shape index (κ2) is 6.88. The fourth-order valence-electron chi connectivity index (χ4n) is 1.77. The summed E-state index contributed by atoms with van der Waals surface area (Å²) >= 11 is 0. The zero-order valence-electron chi connectivity index (χ0n) is 12.6. The summed E-state index contributed by atoms with van der Waals surface area (Å²) in [6.07, 6.45) is 5.06. The third kappa shape index (κ3) is 4.60. The second-order valence-electron chi connectivity index (χ2n) is 5.35. The Labute approximate surface area is 125 Å². The Morgan fingerprint density at radius 2 is 2.19 bits per heavy atom. The van der Waals surface area contributed by atoms with E-state index in [1.54, 1.807) is 30.1 Å². The highest BCUT2D eigenvalue weighted by molar-refractivity contribution is 6.05. The molecule has 0 saturated carbocycles. The third-order valence-electron chi connectivity index (χ3n) is 2.83. The molecular weight excluding hydrogens is 264 g/mol. The van der Waals surface area contributed by atoms with Gasteiger partial charge in [-0.05, 0) is 35.8 Å². The van der Waals surface area contributed by atoms with Crippen molar-refractivity contribution in [3.05, 3.63) is 53.9 Å². The van der Waals surface area contributed by atoms with Crippen molar-refractivity contribution < 1.29 is 9.53 Å². The molecule has 21 heavy (non-hydrogen) atoms. The minimum atomic E-state index is -0.107. The fourth-order valence-corrected chi connectivity index (χ4v) is 1.77. The van der Waals surface area contributed by atoms with Crippen molar-refractivity contribution in [1.82, 2.24) is 9.78 Å². The number of hydrogen-bond donors (Lipinski definition) is 0. The lowest BCUT2D eigenvalue weighted by molar-refractivity contribution is 0.104. The number of nitrogens with zero attached hydrogens (tertiary/aromatic N) is 2. The van der Waals surface area contributed by atoms with Gasteiger partial charge in [0.15, 0.2) is 0 Å². The van der Waals surface area contributed by atoms with Gasteiger partial charge in [-0.25, -0.2) is 0 Å². The Kier molecular flexibility index (Phi) is 4.93. The molecule has 0 unspecified atom stereocenters. The molecule has 1 aromatic carbocycles. The summed E-state index contributed by atoms with van der Waals surface area (Å²) in [5, 5.41) is 4.08. The van der Waals surface area contributed by atoms with Crippen LogP contribution >= 0.6 is 0 Å². The molecule has 0 aliphatic carbocycles. The molecule has 0 bridgehead atoms. The minimum Gasteiger partial charge on any atom is -0.493 e. The molecule has 1 heterocycles. The van der Waals surface area contributed by atoms with E-state index in [1.807, 2.05) is 24.3 Å². The third-order valence-corrected chi connectivity index (χ3v) is 2.83. The van der Waals surface area contributed by atoms with E-state index < -0.39 is 0 Å². The zero-order valence-corrected chi connectivity index (χ0v) is 12.6. The molecule has 110 valence electrons. The van der Waals surface area contributed by atoms with Gasteiger partial charge in [0.1, 0.15) is 11.4 Å². The number of carbonyl (C=O) groups is 1. The second-order valence-corrected chi connectivity index (χ2v) is 5.35. The molecule has 0 saturated heterocycles. The Hall–Kier alpha value is -2.36. The Bertz CT molecular complexity index is 642. The van der Waals surface area contributed by atoms with Crippen molar-refractivity contribution in [2.75, 3.05) is 6.61 Å². The normalized spacial score (nSPS) is 11.2. The maximum Gasteiger partial charge on any atom is 0.206 e. The standard InChI is InChI=1S/C17H20N2O2/c1-13(2)12-21-15-6-4-5-14(11-15)7-8-17(20)16-9-10-19(3)18-16/h4-11,13H,12H2,1-3H3/b8-7+. The summed E-state index contributed by atoms with van der Waals surface area (Å²) in [6, 6.07) is 9.39. The van der Waals surface area contributed by atoms with Gasteiger partial charge >= 0.3 is 0 Å². The molecule has 4 nitrogen and oxygen atoms in total. The number of benzene rings is 1. The molecule has 0 N–H and O–H groups in total. The van der Waals surface area contributed by atoms with Crippen molar-refractivity contribution in [1.29, 1.82) is 0 Å². The maximum atomic E-state index is 11.9. The summed E-state index contributed by atoms with van der Waals surface area (Å²) in [5.41, 5.74) is 1.38. The summed E-state index contributed by atoms with van der Waals surface area (Å²) in [4.78, 5) is 11.9. The lowest BCUT2D eigenvalue weighted by Gasteiger charge is -2.08. The number of aryl methyl sites for hydroxylation is 1. The van der Waals surface area contributed by atoms with Gasteiger partial charge in [-0.15, -0.1) is 0 Å². The van der Waals surface area contributed by atoms with E-state index in [1.165, 1.54) is 6.08 Å². The molecule has 2 aromatic rings. The van der Waals surface area contributed by atoms with Gasteiger partial charge in [0, 0.05) is 13.2 Å². The van der Waals surface area contributed by atoms with Crippen LogP contribution in [0.4, 0.5) is 0 Å². The number of ether oxygens (including phenoxy) is 1. The molecular formula is C17H20N2O2. The monoisotopic (exact) mass is 284 g/mol. The summed E-state index contributed by atoms with van der Waals surface area (Å²) < 4.78 is 7.28. The van der Waals surface area contributed by atoms with E-state index in [0.717, 1.165) is 11.3 Å². The highest BCUT2D eigenvalue weighted by Gasteiger charge is 2.04. The van der Waals surface area contributed by atoms with E-state index in [4.69, 9.17) is 4.74 Å². The van der Waals surface area contributed by atoms with E-state index in [2.05, 4.69) is 18.9 Å². The van der Waals surface area contributed by atoms with Crippen LogP contribution < -0.4 is 4.74 Å². The zero-order chi connectivity index (χ0) is 15.2. The number of rotatable bonds is 6.